The number of Topliss-reactive ketones (excluding diaryl/α,β-unsaturated/α-hetero) is 1. The number of piperazine rings is 1. The van der Waals surface area contributed by atoms with Crippen molar-refractivity contribution in [2.24, 2.45) is 12.0 Å². The molecule has 2 fully saturated rings. The Morgan fingerprint density at radius 3 is 2.27 bits per heavy atom. The molecule has 2 aromatic carbocycles. The number of anilines is 2. The first-order valence-electron chi connectivity index (χ1n) is 20.1. The molecule has 3 aliphatic heterocycles. The number of ketones is 1. The van der Waals surface area contributed by atoms with E-state index in [1.54, 1.807) is 32.0 Å². The summed E-state index contributed by atoms with van der Waals surface area (Å²) >= 11 is 0. The van der Waals surface area contributed by atoms with Gasteiger partial charge in [-0.2, -0.15) is 0 Å². The Bertz CT molecular complexity index is 1910. The molecule has 1 unspecified atom stereocenters. The van der Waals surface area contributed by atoms with E-state index in [1.807, 2.05) is 30.5 Å². The average molecular weight is 768 g/mol. The third kappa shape index (κ3) is 10.4. The molecule has 13 heteroatoms. The first-order chi connectivity index (χ1) is 27.2. The molecule has 6 rings (SSSR count). The quantitative estimate of drug-likeness (QED) is 0.108. The van der Waals surface area contributed by atoms with Gasteiger partial charge in [-0.05, 0) is 67.8 Å². The number of aromatic nitrogens is 1. The van der Waals surface area contributed by atoms with E-state index >= 15 is 0 Å². The van der Waals surface area contributed by atoms with E-state index in [1.165, 1.54) is 31.4 Å². The Morgan fingerprint density at radius 1 is 0.911 bits per heavy atom. The zero-order valence-corrected chi connectivity index (χ0v) is 33.2. The Labute approximate surface area is 329 Å². The number of carbonyl (C=O) groups is 3. The van der Waals surface area contributed by atoms with Crippen LogP contribution in [-0.2, 0) is 34.5 Å². The highest BCUT2D eigenvalue weighted by molar-refractivity contribution is 6.01. The van der Waals surface area contributed by atoms with E-state index in [0.29, 0.717) is 56.0 Å². The third-order valence-corrected chi connectivity index (χ3v) is 11.1. The van der Waals surface area contributed by atoms with Crippen molar-refractivity contribution in [1.29, 1.82) is 0 Å². The molecule has 300 valence electrons. The topological polar surface area (TPSA) is 147 Å². The summed E-state index contributed by atoms with van der Waals surface area (Å²) in [5.41, 5.74) is 6.18. The van der Waals surface area contributed by atoms with Crippen LogP contribution in [-0.4, -0.2) is 92.8 Å². The van der Waals surface area contributed by atoms with Crippen molar-refractivity contribution in [3.05, 3.63) is 69.6 Å². The number of piperidine rings is 1. The minimum Gasteiger partial charge on any atom is -0.496 e. The average Bonchev–Trinajstić information content (AvgIpc) is 3.71. The van der Waals surface area contributed by atoms with Crippen LogP contribution in [0, 0.1) is 0 Å². The van der Waals surface area contributed by atoms with Gasteiger partial charge >= 0.3 is 0 Å². The largest absolute Gasteiger partial charge is 0.496 e. The molecule has 3 aromatic rings. The van der Waals surface area contributed by atoms with Gasteiger partial charge in [-0.1, -0.05) is 32.1 Å². The van der Waals surface area contributed by atoms with Gasteiger partial charge in [0.25, 0.3) is 5.56 Å². The molecule has 4 heterocycles. The zero-order chi connectivity index (χ0) is 39.4. The summed E-state index contributed by atoms with van der Waals surface area (Å²) in [5.74, 6) is 1.06. The third-order valence-electron chi connectivity index (χ3n) is 11.1. The maximum Gasteiger partial charge on any atom is 0.256 e. The first-order valence-corrected chi connectivity index (χ1v) is 20.1. The first kappa shape index (κ1) is 40.6. The lowest BCUT2D eigenvalue weighted by molar-refractivity contribution is -0.133. The maximum absolute atomic E-state index is 12.7. The summed E-state index contributed by atoms with van der Waals surface area (Å²) in [6.07, 6.45) is 13.1. The second kappa shape index (κ2) is 19.7. The maximum atomic E-state index is 12.7. The summed E-state index contributed by atoms with van der Waals surface area (Å²) in [6, 6.07) is 11.8. The number of fused-ring (bicyclic) bond motifs is 1. The number of carbonyl (C=O) groups excluding carboxylic acids is 3. The van der Waals surface area contributed by atoms with Crippen LogP contribution >= 0.6 is 0 Å². The molecule has 3 aliphatic rings. The summed E-state index contributed by atoms with van der Waals surface area (Å²) < 4.78 is 13.1. The number of aliphatic imine (C=N–C) groups is 1. The van der Waals surface area contributed by atoms with E-state index in [4.69, 9.17) is 9.47 Å². The van der Waals surface area contributed by atoms with Crippen LogP contribution in [0.15, 0.2) is 52.4 Å². The minimum absolute atomic E-state index is 0.0367. The van der Waals surface area contributed by atoms with Crippen LogP contribution in [0.25, 0.3) is 11.1 Å². The molecule has 1 aromatic heterocycles. The smallest absolute Gasteiger partial charge is 0.256 e. The number of amides is 2. The fourth-order valence-corrected chi connectivity index (χ4v) is 7.87. The van der Waals surface area contributed by atoms with Gasteiger partial charge in [-0.3, -0.25) is 34.4 Å². The van der Waals surface area contributed by atoms with Crippen LogP contribution in [0.2, 0.25) is 0 Å². The number of aryl methyl sites for hydroxylation is 1. The molecule has 3 N–H and O–H groups in total. The minimum atomic E-state index is -0.370. The lowest BCUT2D eigenvalue weighted by Gasteiger charge is -2.36. The highest BCUT2D eigenvalue weighted by Gasteiger charge is 2.26. The molecule has 2 amide bonds. The second-order valence-corrected chi connectivity index (χ2v) is 15.1. The van der Waals surface area contributed by atoms with E-state index < -0.39 is 0 Å². The van der Waals surface area contributed by atoms with Gasteiger partial charge in [-0.15, -0.1) is 0 Å². The Kier molecular flexibility index (Phi) is 14.3. The fourth-order valence-electron chi connectivity index (χ4n) is 7.87. The van der Waals surface area contributed by atoms with E-state index in [9.17, 15) is 19.2 Å². The number of hydrogen-bond acceptors (Lipinski definition) is 11. The van der Waals surface area contributed by atoms with Gasteiger partial charge in [0.1, 0.15) is 23.3 Å². The Morgan fingerprint density at radius 2 is 1.59 bits per heavy atom. The molecule has 0 aliphatic carbocycles. The number of hydrogen-bond donors (Lipinski definition) is 3. The Balaban J connectivity index is 0.812. The number of rotatable bonds is 20. The lowest BCUT2D eigenvalue weighted by Crippen LogP contribution is -2.47. The van der Waals surface area contributed by atoms with Gasteiger partial charge in [0, 0.05) is 98.7 Å². The van der Waals surface area contributed by atoms with Crippen molar-refractivity contribution in [1.82, 2.24) is 20.1 Å². The van der Waals surface area contributed by atoms with Crippen LogP contribution in [0.1, 0.15) is 80.9 Å². The normalized spacial score (nSPS) is 16.8. The molecule has 2 saturated heterocycles. The summed E-state index contributed by atoms with van der Waals surface area (Å²) in [5, 5.41) is 8.94. The molecular weight excluding hydrogens is 711 g/mol. The van der Waals surface area contributed by atoms with E-state index in [2.05, 4.69) is 42.9 Å². The number of ether oxygens (including phenoxy) is 2. The number of unbranched alkanes of at least 4 members (excludes halogenated alkanes) is 6. The SMILES string of the molecule is COc1cc(-c2cn(C)c(=O)c3c2C=NC3)cc(OC)c1CNCC(=O)CCCCCCCCCN1CCN(c2ccc(NC3CCC(=O)NC3=O)cc2)CC1. The molecule has 1 atom stereocenters. The van der Waals surface area contributed by atoms with E-state index in [-0.39, 0.29) is 29.2 Å². The van der Waals surface area contributed by atoms with E-state index in [0.717, 1.165) is 79.9 Å². The molecule has 0 spiro atoms. The number of nitrogens with zero attached hydrogens (tertiary/aromatic N) is 4. The summed E-state index contributed by atoms with van der Waals surface area (Å²) in [4.78, 5) is 58.0. The van der Waals surface area contributed by atoms with Gasteiger partial charge in [0.15, 0.2) is 0 Å². The predicted molar refractivity (Wildman–Crippen MR) is 220 cm³/mol. The summed E-state index contributed by atoms with van der Waals surface area (Å²) in [7, 11) is 5.00. The molecular formula is C43H57N7O6. The molecule has 0 saturated carbocycles. The Hall–Kier alpha value is -5.01. The molecule has 0 bridgehead atoms. The van der Waals surface area contributed by atoms with Crippen molar-refractivity contribution >= 4 is 35.2 Å². The van der Waals surface area contributed by atoms with Crippen LogP contribution in [0.5, 0.6) is 11.5 Å². The fraction of sp³-hybridized carbons (Fsp3) is 0.512. The number of imide groups is 1. The number of methoxy groups -OCH3 is 2. The highest BCUT2D eigenvalue weighted by atomic mass is 16.5. The van der Waals surface area contributed by atoms with Gasteiger partial charge in [0.2, 0.25) is 11.8 Å². The van der Waals surface area contributed by atoms with Crippen molar-refractivity contribution < 1.29 is 23.9 Å². The van der Waals surface area contributed by atoms with Crippen molar-refractivity contribution in [2.75, 3.05) is 63.7 Å². The number of benzene rings is 2. The predicted octanol–water partition coefficient (Wildman–Crippen LogP) is 4.82. The van der Waals surface area contributed by atoms with Crippen molar-refractivity contribution in [3.8, 4) is 22.6 Å². The lowest BCUT2D eigenvalue weighted by atomic mass is 9.97. The molecule has 13 nitrogen and oxygen atoms in total. The summed E-state index contributed by atoms with van der Waals surface area (Å²) in [6.45, 7) is 6.37. The molecule has 56 heavy (non-hydrogen) atoms. The second-order valence-electron chi connectivity index (χ2n) is 15.1. The number of nitrogens with one attached hydrogen (secondary N) is 3. The van der Waals surface area contributed by atoms with Crippen LogP contribution < -0.4 is 35.9 Å². The van der Waals surface area contributed by atoms with Crippen molar-refractivity contribution in [2.45, 2.75) is 83.3 Å². The monoisotopic (exact) mass is 767 g/mol. The standard InChI is InChI=1S/C43H57N7O6/c1-48-29-37(34-26-45-27-35(34)43(48)54)30-23-39(55-2)36(40(24-30)56-3)28-44-25-33(51)11-9-7-5-4-6-8-10-18-49-19-21-50(22-20-49)32-14-12-31(13-15-32)46-38-16-17-41(52)47-42(38)53/h12-15,23-24,26,29,38,44,46H,4-11,16-22,25,27-28H2,1-3H3,(H,47,52,53). The van der Waals surface area contributed by atoms with Crippen LogP contribution in [0.4, 0.5) is 11.4 Å². The number of pyridine rings is 1. The van der Waals surface area contributed by atoms with Gasteiger partial charge in [0.05, 0.1) is 27.3 Å². The van der Waals surface area contributed by atoms with Crippen molar-refractivity contribution in [3.63, 3.8) is 0 Å². The van der Waals surface area contributed by atoms with Gasteiger partial charge in [-0.25, -0.2) is 0 Å². The zero-order valence-electron chi connectivity index (χ0n) is 33.2. The van der Waals surface area contributed by atoms with Crippen LogP contribution in [0.3, 0.4) is 0 Å². The van der Waals surface area contributed by atoms with Gasteiger partial charge < -0.3 is 29.6 Å². The molecule has 0 radical (unpaired) electrons. The highest BCUT2D eigenvalue weighted by Crippen LogP contribution is 2.37.